The molecule has 1 atom stereocenters. The number of aryl methyl sites for hydroxylation is 2. The SMILES string of the molecule is CC(=O)N1CCc2nc3cc(C(F)(F)F)ccn3c2C1c1sc(C)nc1C. The van der Waals surface area contributed by atoms with E-state index in [4.69, 9.17) is 0 Å². The predicted molar refractivity (Wildman–Crippen MR) is 94.7 cm³/mol. The van der Waals surface area contributed by atoms with Crippen LogP contribution >= 0.6 is 11.3 Å². The van der Waals surface area contributed by atoms with Gasteiger partial charge >= 0.3 is 6.18 Å². The molecule has 1 aliphatic rings. The zero-order chi connectivity index (χ0) is 19.5. The van der Waals surface area contributed by atoms with Crippen LogP contribution in [0.5, 0.6) is 0 Å². The van der Waals surface area contributed by atoms with Gasteiger partial charge in [-0.2, -0.15) is 13.2 Å². The highest BCUT2D eigenvalue weighted by molar-refractivity contribution is 7.11. The molecule has 0 bridgehead atoms. The van der Waals surface area contributed by atoms with E-state index in [9.17, 15) is 18.0 Å². The maximum absolute atomic E-state index is 13.1. The van der Waals surface area contributed by atoms with Gasteiger partial charge in [0.25, 0.3) is 0 Å². The highest BCUT2D eigenvalue weighted by Crippen LogP contribution is 2.40. The third-order valence-electron chi connectivity index (χ3n) is 4.82. The summed E-state index contributed by atoms with van der Waals surface area (Å²) in [6, 6.07) is 1.70. The first-order valence-corrected chi connectivity index (χ1v) is 9.27. The summed E-state index contributed by atoms with van der Waals surface area (Å²) in [6.45, 7) is 5.76. The zero-order valence-electron chi connectivity index (χ0n) is 15.0. The van der Waals surface area contributed by atoms with Crippen molar-refractivity contribution in [2.75, 3.05) is 6.54 Å². The number of halogens is 3. The third kappa shape index (κ3) is 2.90. The van der Waals surface area contributed by atoms with E-state index in [-0.39, 0.29) is 11.6 Å². The molecule has 0 N–H and O–H groups in total. The van der Waals surface area contributed by atoms with E-state index in [2.05, 4.69) is 9.97 Å². The monoisotopic (exact) mass is 394 g/mol. The molecule has 1 aliphatic heterocycles. The van der Waals surface area contributed by atoms with Crippen LogP contribution in [0.2, 0.25) is 0 Å². The molecule has 0 spiro atoms. The van der Waals surface area contributed by atoms with Crippen molar-refractivity contribution in [1.82, 2.24) is 19.3 Å². The highest BCUT2D eigenvalue weighted by Gasteiger charge is 2.37. The van der Waals surface area contributed by atoms with E-state index >= 15 is 0 Å². The maximum Gasteiger partial charge on any atom is 0.416 e. The molecule has 0 fully saturated rings. The van der Waals surface area contributed by atoms with Gasteiger partial charge in [-0.1, -0.05) is 0 Å². The van der Waals surface area contributed by atoms with Crippen LogP contribution in [0.1, 0.15) is 45.5 Å². The average Bonchev–Trinajstić information content (AvgIpc) is 3.11. The summed E-state index contributed by atoms with van der Waals surface area (Å²) < 4.78 is 40.9. The molecule has 9 heteroatoms. The van der Waals surface area contributed by atoms with Gasteiger partial charge in [-0.25, -0.2) is 9.97 Å². The van der Waals surface area contributed by atoms with Crippen LogP contribution in [-0.4, -0.2) is 31.7 Å². The molecular weight excluding hydrogens is 377 g/mol. The Bertz CT molecular complexity index is 1050. The molecule has 3 aromatic rings. The molecule has 27 heavy (non-hydrogen) atoms. The minimum atomic E-state index is -4.43. The van der Waals surface area contributed by atoms with Gasteiger partial charge in [0.15, 0.2) is 0 Å². The second kappa shape index (κ2) is 6.05. The van der Waals surface area contributed by atoms with Crippen LogP contribution < -0.4 is 0 Å². The van der Waals surface area contributed by atoms with Crippen molar-refractivity contribution in [2.45, 2.75) is 39.4 Å². The summed E-state index contributed by atoms with van der Waals surface area (Å²) in [5.41, 5.74) is 1.80. The summed E-state index contributed by atoms with van der Waals surface area (Å²) >= 11 is 1.50. The Morgan fingerprint density at radius 3 is 2.63 bits per heavy atom. The smallest absolute Gasteiger partial charge is 0.329 e. The lowest BCUT2D eigenvalue weighted by atomic mass is 10.00. The average molecular weight is 394 g/mol. The van der Waals surface area contributed by atoms with Gasteiger partial charge in [0.2, 0.25) is 5.91 Å². The molecule has 5 nitrogen and oxygen atoms in total. The molecule has 4 rings (SSSR count). The van der Waals surface area contributed by atoms with Gasteiger partial charge in [-0.15, -0.1) is 11.3 Å². The van der Waals surface area contributed by atoms with Crippen molar-refractivity contribution in [1.29, 1.82) is 0 Å². The second-order valence-electron chi connectivity index (χ2n) is 6.63. The summed E-state index contributed by atoms with van der Waals surface area (Å²) in [7, 11) is 0. The van der Waals surface area contributed by atoms with E-state index in [0.717, 1.165) is 39.1 Å². The number of amides is 1. The molecule has 1 amide bonds. The molecule has 4 heterocycles. The van der Waals surface area contributed by atoms with Crippen LogP contribution in [0, 0.1) is 13.8 Å². The number of thiazole rings is 1. The Kier molecular flexibility index (Phi) is 4.03. The van der Waals surface area contributed by atoms with E-state index in [1.807, 2.05) is 13.8 Å². The summed E-state index contributed by atoms with van der Waals surface area (Å²) in [5, 5.41) is 0.881. The number of nitrogens with zero attached hydrogens (tertiary/aromatic N) is 4. The maximum atomic E-state index is 13.1. The van der Waals surface area contributed by atoms with Crippen LogP contribution in [0.25, 0.3) is 5.65 Å². The highest BCUT2D eigenvalue weighted by atomic mass is 32.1. The van der Waals surface area contributed by atoms with Crippen LogP contribution in [0.4, 0.5) is 13.2 Å². The molecule has 0 aromatic carbocycles. The lowest BCUT2D eigenvalue weighted by Gasteiger charge is -2.34. The number of hydrogen-bond donors (Lipinski definition) is 0. The number of hydrogen-bond acceptors (Lipinski definition) is 4. The first-order valence-electron chi connectivity index (χ1n) is 8.46. The Morgan fingerprint density at radius 2 is 2.04 bits per heavy atom. The first-order chi connectivity index (χ1) is 12.7. The standard InChI is InChI=1S/C18H17F3N4OS/c1-9-17(27-10(2)22-9)16-15-13(5-7-24(16)11(3)26)23-14-8-12(18(19,20)21)4-6-25(14)15/h4,6,8,16H,5,7H2,1-3H3. The van der Waals surface area contributed by atoms with E-state index in [1.54, 1.807) is 9.30 Å². The van der Waals surface area contributed by atoms with Crippen molar-refractivity contribution in [3.63, 3.8) is 0 Å². The molecule has 0 aliphatic carbocycles. The molecule has 0 saturated carbocycles. The fraction of sp³-hybridized carbons (Fsp3) is 0.389. The number of alkyl halides is 3. The summed E-state index contributed by atoms with van der Waals surface area (Å²) in [5.74, 6) is -0.0852. The number of imidazole rings is 1. The zero-order valence-corrected chi connectivity index (χ0v) is 15.8. The Hall–Kier alpha value is -2.42. The number of aromatic nitrogens is 3. The quantitative estimate of drug-likeness (QED) is 0.629. The van der Waals surface area contributed by atoms with Crippen LogP contribution in [0.3, 0.4) is 0 Å². The molecular formula is C18H17F3N4OS. The van der Waals surface area contributed by atoms with E-state index < -0.39 is 17.8 Å². The molecule has 142 valence electrons. The molecule has 0 radical (unpaired) electrons. The van der Waals surface area contributed by atoms with Crippen molar-refractivity contribution in [2.24, 2.45) is 0 Å². The van der Waals surface area contributed by atoms with Crippen molar-refractivity contribution in [3.8, 4) is 0 Å². The van der Waals surface area contributed by atoms with Gasteiger partial charge in [0, 0.05) is 26.1 Å². The van der Waals surface area contributed by atoms with Gasteiger partial charge < -0.3 is 9.30 Å². The molecule has 3 aromatic heterocycles. The first kappa shape index (κ1) is 18.0. The second-order valence-corrected chi connectivity index (χ2v) is 7.87. The molecule has 0 saturated heterocycles. The minimum absolute atomic E-state index is 0.0852. The van der Waals surface area contributed by atoms with Crippen molar-refractivity contribution >= 4 is 22.9 Å². The lowest BCUT2D eigenvalue weighted by molar-refractivity contribution is -0.137. The van der Waals surface area contributed by atoms with Gasteiger partial charge in [0.05, 0.1) is 32.5 Å². The predicted octanol–water partition coefficient (Wildman–Crippen LogP) is 3.92. The number of fused-ring (bicyclic) bond motifs is 3. The van der Waals surface area contributed by atoms with Gasteiger partial charge in [-0.05, 0) is 26.0 Å². The largest absolute Gasteiger partial charge is 0.416 e. The van der Waals surface area contributed by atoms with E-state index in [1.165, 1.54) is 24.5 Å². The van der Waals surface area contributed by atoms with Gasteiger partial charge in [0.1, 0.15) is 11.7 Å². The fourth-order valence-corrected chi connectivity index (χ4v) is 4.72. The number of pyridine rings is 1. The summed E-state index contributed by atoms with van der Waals surface area (Å²) in [6.07, 6.45) is -2.53. The Morgan fingerprint density at radius 1 is 1.30 bits per heavy atom. The number of rotatable bonds is 1. The minimum Gasteiger partial charge on any atom is -0.329 e. The van der Waals surface area contributed by atoms with Crippen LogP contribution in [-0.2, 0) is 17.4 Å². The fourth-order valence-electron chi connectivity index (χ4n) is 3.67. The summed E-state index contributed by atoms with van der Waals surface area (Å²) in [4.78, 5) is 23.9. The molecule has 1 unspecified atom stereocenters. The Balaban J connectivity index is 1.95. The topological polar surface area (TPSA) is 50.5 Å². The lowest BCUT2D eigenvalue weighted by Crippen LogP contribution is -2.39. The van der Waals surface area contributed by atoms with Crippen molar-refractivity contribution in [3.05, 3.63) is 50.9 Å². The van der Waals surface area contributed by atoms with Crippen molar-refractivity contribution < 1.29 is 18.0 Å². The number of carbonyl (C=O) groups excluding carboxylic acids is 1. The normalized spacial score (nSPS) is 17.4. The third-order valence-corrected chi connectivity index (χ3v) is 5.94. The van der Waals surface area contributed by atoms with Gasteiger partial charge in [-0.3, -0.25) is 4.79 Å². The van der Waals surface area contributed by atoms with Crippen LogP contribution in [0.15, 0.2) is 18.3 Å². The number of carbonyl (C=O) groups is 1. The van der Waals surface area contributed by atoms with E-state index in [0.29, 0.717) is 13.0 Å². The Labute approximate surface area is 157 Å².